The van der Waals surface area contributed by atoms with Gasteiger partial charge in [0, 0.05) is 47.0 Å². The molecule has 0 saturated heterocycles. The van der Waals surface area contributed by atoms with E-state index in [2.05, 4.69) is 33.7 Å². The van der Waals surface area contributed by atoms with Crippen LogP contribution < -0.4 is 10.0 Å². The number of aromatic nitrogens is 1. The zero-order chi connectivity index (χ0) is 21.6. The number of benzene rings is 2. The molecule has 2 aromatic carbocycles. The normalized spacial score (nSPS) is 11.9. The first kappa shape index (κ1) is 22.3. The number of nitrogens with zero attached hydrogens (tertiary/aromatic N) is 1. The first-order valence-electron chi connectivity index (χ1n) is 10.7. The number of carbonyl (C=O) groups excluding carboxylic acids is 1. The Morgan fingerprint density at radius 3 is 2.43 bits per heavy atom. The number of hydrogen-bond donors (Lipinski definition) is 2. The number of carbonyl (C=O) groups is 1. The van der Waals surface area contributed by atoms with Gasteiger partial charge < -0.3 is 9.88 Å². The summed E-state index contributed by atoms with van der Waals surface area (Å²) in [5.74, 6) is 0.0958. The first-order chi connectivity index (χ1) is 14.5. The van der Waals surface area contributed by atoms with Crippen molar-refractivity contribution in [2.45, 2.75) is 46.1 Å². The van der Waals surface area contributed by atoms with Gasteiger partial charge in [-0.3, -0.25) is 4.79 Å². The maximum atomic E-state index is 12.6. The van der Waals surface area contributed by atoms with E-state index in [4.69, 9.17) is 0 Å². The van der Waals surface area contributed by atoms with Crippen molar-refractivity contribution < 1.29 is 13.2 Å². The van der Waals surface area contributed by atoms with Crippen molar-refractivity contribution in [2.75, 3.05) is 18.8 Å². The highest BCUT2D eigenvalue weighted by atomic mass is 32.2. The molecule has 0 spiro atoms. The fourth-order valence-corrected chi connectivity index (χ4v) is 4.97. The van der Waals surface area contributed by atoms with E-state index >= 15 is 0 Å². The van der Waals surface area contributed by atoms with Crippen molar-refractivity contribution in [3.05, 3.63) is 48.0 Å². The lowest BCUT2D eigenvalue weighted by Gasteiger charge is -2.07. The van der Waals surface area contributed by atoms with Gasteiger partial charge in [0.1, 0.15) is 0 Å². The van der Waals surface area contributed by atoms with Gasteiger partial charge in [-0.25, -0.2) is 13.1 Å². The van der Waals surface area contributed by atoms with Gasteiger partial charge in [-0.15, -0.1) is 0 Å². The van der Waals surface area contributed by atoms with E-state index in [-0.39, 0.29) is 11.7 Å². The second kappa shape index (κ2) is 10.1. The summed E-state index contributed by atoms with van der Waals surface area (Å²) in [6.07, 6.45) is 3.06. The molecule has 2 N–H and O–H groups in total. The van der Waals surface area contributed by atoms with Crippen LogP contribution >= 0.6 is 0 Å². The average Bonchev–Trinajstić information content (AvgIpc) is 3.05. The van der Waals surface area contributed by atoms with Crippen LogP contribution in [0.15, 0.2) is 42.5 Å². The van der Waals surface area contributed by atoms with Gasteiger partial charge in [0.2, 0.25) is 10.0 Å². The lowest BCUT2D eigenvalue weighted by molar-refractivity contribution is 0.0953. The number of unbranched alkanes of at least 4 members (excludes halogenated alkanes) is 2. The number of rotatable bonds is 11. The van der Waals surface area contributed by atoms with Crippen LogP contribution in [0.5, 0.6) is 0 Å². The average molecular weight is 430 g/mol. The largest absolute Gasteiger partial charge is 0.352 e. The van der Waals surface area contributed by atoms with E-state index in [0.29, 0.717) is 25.1 Å². The molecule has 0 fully saturated rings. The zero-order valence-corrected chi connectivity index (χ0v) is 18.6. The van der Waals surface area contributed by atoms with E-state index in [1.807, 2.05) is 37.3 Å². The van der Waals surface area contributed by atoms with E-state index in [1.54, 1.807) is 0 Å². The molecule has 0 aliphatic rings. The summed E-state index contributed by atoms with van der Waals surface area (Å²) < 4.78 is 28.1. The number of amides is 1. The Labute approximate surface area is 178 Å². The van der Waals surface area contributed by atoms with Crippen LogP contribution in [0, 0.1) is 0 Å². The Balaban J connectivity index is 1.53. The van der Waals surface area contributed by atoms with Crippen LogP contribution in [0.25, 0.3) is 21.8 Å². The summed E-state index contributed by atoms with van der Waals surface area (Å²) in [6, 6.07) is 14.1. The maximum Gasteiger partial charge on any atom is 0.251 e. The molecule has 30 heavy (non-hydrogen) atoms. The van der Waals surface area contributed by atoms with Crippen molar-refractivity contribution in [1.29, 1.82) is 0 Å². The SMILES string of the molecule is CCCS(=O)(=O)NCCCCCNC(=O)c1ccc2c(c1)c1ccccc1n2CC. The molecule has 3 aromatic rings. The number of sulfonamides is 1. The summed E-state index contributed by atoms with van der Waals surface area (Å²) in [6.45, 7) is 5.89. The summed E-state index contributed by atoms with van der Waals surface area (Å²) >= 11 is 0. The van der Waals surface area contributed by atoms with Gasteiger partial charge in [0.25, 0.3) is 5.91 Å². The third-order valence-electron chi connectivity index (χ3n) is 5.28. The molecule has 3 rings (SSSR count). The van der Waals surface area contributed by atoms with Gasteiger partial charge in [-0.2, -0.15) is 0 Å². The van der Waals surface area contributed by atoms with Gasteiger partial charge in [-0.05, 0) is 50.5 Å². The van der Waals surface area contributed by atoms with Gasteiger partial charge in [0.05, 0.1) is 5.75 Å². The zero-order valence-electron chi connectivity index (χ0n) is 17.8. The van der Waals surface area contributed by atoms with Gasteiger partial charge >= 0.3 is 0 Å². The molecule has 6 nitrogen and oxygen atoms in total. The second-order valence-electron chi connectivity index (χ2n) is 7.52. The van der Waals surface area contributed by atoms with Crippen molar-refractivity contribution in [2.24, 2.45) is 0 Å². The molecule has 0 aliphatic heterocycles. The third-order valence-corrected chi connectivity index (χ3v) is 6.87. The minimum atomic E-state index is -3.13. The fraction of sp³-hybridized carbons (Fsp3) is 0.435. The van der Waals surface area contributed by atoms with Crippen molar-refractivity contribution >= 4 is 37.7 Å². The number of aryl methyl sites for hydroxylation is 1. The molecule has 1 aromatic heterocycles. The number of fused-ring (bicyclic) bond motifs is 3. The van der Waals surface area contributed by atoms with E-state index in [0.717, 1.165) is 42.1 Å². The highest BCUT2D eigenvalue weighted by molar-refractivity contribution is 7.89. The lowest BCUT2D eigenvalue weighted by Crippen LogP contribution is -2.27. The van der Waals surface area contributed by atoms with Crippen molar-refractivity contribution in [3.63, 3.8) is 0 Å². The molecule has 0 bridgehead atoms. The van der Waals surface area contributed by atoms with Crippen molar-refractivity contribution in [1.82, 2.24) is 14.6 Å². The van der Waals surface area contributed by atoms with Gasteiger partial charge in [0.15, 0.2) is 0 Å². The van der Waals surface area contributed by atoms with Crippen LogP contribution in [-0.2, 0) is 16.6 Å². The minimum Gasteiger partial charge on any atom is -0.352 e. The Kier molecular flexibility index (Phi) is 7.50. The number of nitrogens with one attached hydrogen (secondary N) is 2. The number of para-hydroxylation sites is 1. The van der Waals surface area contributed by atoms with Crippen LogP contribution in [0.3, 0.4) is 0 Å². The molecular weight excluding hydrogens is 398 g/mol. The van der Waals surface area contributed by atoms with Crippen LogP contribution in [-0.4, -0.2) is 37.7 Å². The molecule has 1 amide bonds. The van der Waals surface area contributed by atoms with Crippen LogP contribution in [0.1, 0.15) is 49.9 Å². The molecule has 0 saturated carbocycles. The van der Waals surface area contributed by atoms with Crippen LogP contribution in [0.4, 0.5) is 0 Å². The summed E-state index contributed by atoms with van der Waals surface area (Å²) in [5.41, 5.74) is 2.98. The Bertz CT molecular complexity index is 1120. The minimum absolute atomic E-state index is 0.0751. The Hall–Kier alpha value is -2.38. The molecule has 7 heteroatoms. The predicted octanol–water partition coefficient (Wildman–Crippen LogP) is 4.04. The van der Waals surface area contributed by atoms with E-state index in [9.17, 15) is 13.2 Å². The van der Waals surface area contributed by atoms with Gasteiger partial charge in [-0.1, -0.05) is 31.5 Å². The summed E-state index contributed by atoms with van der Waals surface area (Å²) in [5, 5.41) is 5.23. The second-order valence-corrected chi connectivity index (χ2v) is 9.45. The van der Waals surface area contributed by atoms with Crippen molar-refractivity contribution in [3.8, 4) is 0 Å². The predicted molar refractivity (Wildman–Crippen MR) is 123 cm³/mol. The van der Waals surface area contributed by atoms with Crippen LogP contribution in [0.2, 0.25) is 0 Å². The standard InChI is InChI=1S/C23H31N3O3S/c1-3-16-30(28,29)25-15-9-5-8-14-24-23(27)18-12-13-22-20(17-18)19-10-6-7-11-21(19)26(22)4-2/h6-7,10-13,17,25H,3-5,8-9,14-16H2,1-2H3,(H,24,27). The maximum absolute atomic E-state index is 12.6. The smallest absolute Gasteiger partial charge is 0.251 e. The highest BCUT2D eigenvalue weighted by Crippen LogP contribution is 2.29. The number of hydrogen-bond acceptors (Lipinski definition) is 3. The highest BCUT2D eigenvalue weighted by Gasteiger charge is 2.12. The molecule has 1 heterocycles. The molecular formula is C23H31N3O3S. The third kappa shape index (κ3) is 5.21. The molecule has 0 aliphatic carbocycles. The summed E-state index contributed by atoms with van der Waals surface area (Å²) in [4.78, 5) is 12.6. The lowest BCUT2D eigenvalue weighted by atomic mass is 10.1. The van der Waals surface area contributed by atoms with E-state index in [1.165, 1.54) is 5.52 Å². The molecule has 162 valence electrons. The first-order valence-corrected chi connectivity index (χ1v) is 12.4. The monoisotopic (exact) mass is 429 g/mol. The Morgan fingerprint density at radius 2 is 1.67 bits per heavy atom. The topological polar surface area (TPSA) is 80.2 Å². The Morgan fingerprint density at radius 1 is 0.933 bits per heavy atom. The molecule has 0 atom stereocenters. The molecule has 0 unspecified atom stereocenters. The van der Waals surface area contributed by atoms with E-state index < -0.39 is 10.0 Å². The fourth-order valence-electron chi connectivity index (χ4n) is 3.83. The molecule has 0 radical (unpaired) electrons. The quantitative estimate of drug-likeness (QED) is 0.451. The summed E-state index contributed by atoms with van der Waals surface area (Å²) in [7, 11) is -3.13.